The molecule has 0 aromatic heterocycles. The number of nitriles is 1. The molecular formula is C14H25N3O3. The van der Waals surface area contributed by atoms with E-state index in [1.54, 1.807) is 4.90 Å². The van der Waals surface area contributed by atoms with Crippen LogP contribution in [0.3, 0.4) is 0 Å². The van der Waals surface area contributed by atoms with E-state index >= 15 is 0 Å². The second-order valence-corrected chi connectivity index (χ2v) is 5.18. The smallest absolute Gasteiger partial charge is 0.317 e. The van der Waals surface area contributed by atoms with Crippen molar-refractivity contribution >= 4 is 12.0 Å². The number of aliphatic carboxylic acids is 1. The highest BCUT2D eigenvalue weighted by atomic mass is 16.4. The van der Waals surface area contributed by atoms with Gasteiger partial charge >= 0.3 is 12.0 Å². The predicted molar refractivity (Wildman–Crippen MR) is 76.1 cm³/mol. The number of hydrogen-bond acceptors (Lipinski definition) is 3. The molecule has 0 saturated carbocycles. The first-order valence-corrected chi connectivity index (χ1v) is 7.09. The maximum atomic E-state index is 11.9. The Morgan fingerprint density at radius 2 is 2.00 bits per heavy atom. The molecule has 2 amide bonds. The standard InChI is InChI=1S/C14H25N3O3/c1-12(2)11-17(10-6-8-15)14(20)16-9-5-3-4-7-13(18)19/h12H,3-7,9-11H2,1-2H3,(H,16,20)(H,18,19). The second-order valence-electron chi connectivity index (χ2n) is 5.18. The summed E-state index contributed by atoms with van der Waals surface area (Å²) in [7, 11) is 0. The molecule has 0 bridgehead atoms. The van der Waals surface area contributed by atoms with E-state index in [1.165, 1.54) is 0 Å². The third-order valence-corrected chi connectivity index (χ3v) is 2.71. The van der Waals surface area contributed by atoms with Crippen molar-refractivity contribution < 1.29 is 14.7 Å². The Bertz CT molecular complexity index is 337. The predicted octanol–water partition coefficient (Wildman–Crippen LogP) is 2.21. The fraction of sp³-hybridized carbons (Fsp3) is 0.786. The van der Waals surface area contributed by atoms with E-state index in [0.29, 0.717) is 38.4 Å². The fourth-order valence-electron chi connectivity index (χ4n) is 1.79. The van der Waals surface area contributed by atoms with E-state index in [9.17, 15) is 9.59 Å². The van der Waals surface area contributed by atoms with Crippen LogP contribution in [0.1, 0.15) is 46.0 Å². The molecule has 6 nitrogen and oxygen atoms in total. The average molecular weight is 283 g/mol. The Hall–Kier alpha value is -1.77. The minimum absolute atomic E-state index is 0.146. The summed E-state index contributed by atoms with van der Waals surface area (Å²) < 4.78 is 0. The monoisotopic (exact) mass is 283 g/mol. The molecule has 114 valence electrons. The van der Waals surface area contributed by atoms with Crippen LogP contribution < -0.4 is 5.32 Å². The Kier molecular flexibility index (Phi) is 10.1. The fourth-order valence-corrected chi connectivity index (χ4v) is 1.79. The maximum absolute atomic E-state index is 11.9. The highest BCUT2D eigenvalue weighted by molar-refractivity contribution is 5.74. The first kappa shape index (κ1) is 18.2. The zero-order valence-electron chi connectivity index (χ0n) is 12.4. The SMILES string of the molecule is CC(C)CN(CCC#N)C(=O)NCCCCCC(=O)O. The molecule has 0 aromatic rings. The number of carboxylic acid groups (broad SMARTS) is 1. The van der Waals surface area contributed by atoms with E-state index in [0.717, 1.165) is 12.8 Å². The van der Waals surface area contributed by atoms with Crippen molar-refractivity contribution in [1.82, 2.24) is 10.2 Å². The third kappa shape index (κ3) is 10.2. The van der Waals surface area contributed by atoms with Gasteiger partial charge in [0.15, 0.2) is 0 Å². The van der Waals surface area contributed by atoms with Gasteiger partial charge in [0.2, 0.25) is 0 Å². The lowest BCUT2D eigenvalue weighted by Crippen LogP contribution is -2.42. The summed E-state index contributed by atoms with van der Waals surface area (Å²) in [5.74, 6) is -0.427. The summed E-state index contributed by atoms with van der Waals surface area (Å²) in [5.41, 5.74) is 0. The molecule has 0 aliphatic heterocycles. The van der Waals surface area contributed by atoms with Crippen LogP contribution in [0, 0.1) is 17.2 Å². The summed E-state index contributed by atoms with van der Waals surface area (Å²) in [6.45, 7) is 5.67. The van der Waals surface area contributed by atoms with Gasteiger partial charge in [0, 0.05) is 26.1 Å². The number of rotatable bonds is 10. The molecule has 0 saturated heterocycles. The first-order valence-electron chi connectivity index (χ1n) is 7.09. The topological polar surface area (TPSA) is 93.4 Å². The van der Waals surface area contributed by atoms with Gasteiger partial charge in [-0.3, -0.25) is 4.79 Å². The molecule has 0 spiro atoms. The van der Waals surface area contributed by atoms with E-state index in [2.05, 4.69) is 5.32 Å². The molecule has 0 aliphatic carbocycles. The zero-order chi connectivity index (χ0) is 15.4. The molecule has 0 aromatic carbocycles. The molecular weight excluding hydrogens is 258 g/mol. The van der Waals surface area contributed by atoms with Crippen LogP contribution in [0.15, 0.2) is 0 Å². The van der Waals surface area contributed by atoms with Crippen molar-refractivity contribution in [2.24, 2.45) is 5.92 Å². The minimum atomic E-state index is -0.784. The van der Waals surface area contributed by atoms with Gasteiger partial charge in [0.1, 0.15) is 0 Å². The lowest BCUT2D eigenvalue weighted by Gasteiger charge is -2.23. The van der Waals surface area contributed by atoms with Gasteiger partial charge in [-0.15, -0.1) is 0 Å². The van der Waals surface area contributed by atoms with E-state index < -0.39 is 5.97 Å². The molecule has 2 N–H and O–H groups in total. The molecule has 0 unspecified atom stereocenters. The van der Waals surface area contributed by atoms with E-state index in [4.69, 9.17) is 10.4 Å². The van der Waals surface area contributed by atoms with Crippen LogP contribution in [-0.4, -0.2) is 41.6 Å². The van der Waals surface area contributed by atoms with Gasteiger partial charge < -0.3 is 15.3 Å². The average Bonchev–Trinajstić information content (AvgIpc) is 2.37. The second kappa shape index (κ2) is 11.1. The lowest BCUT2D eigenvalue weighted by molar-refractivity contribution is -0.137. The van der Waals surface area contributed by atoms with Crippen molar-refractivity contribution in [3.8, 4) is 6.07 Å². The van der Waals surface area contributed by atoms with E-state index in [-0.39, 0.29) is 12.5 Å². The first-order chi connectivity index (χ1) is 9.47. The van der Waals surface area contributed by atoms with Gasteiger partial charge in [-0.2, -0.15) is 5.26 Å². The largest absolute Gasteiger partial charge is 0.481 e. The number of unbranched alkanes of at least 4 members (excludes halogenated alkanes) is 2. The van der Waals surface area contributed by atoms with Gasteiger partial charge in [0.05, 0.1) is 12.5 Å². The summed E-state index contributed by atoms with van der Waals surface area (Å²) in [4.78, 5) is 23.9. The number of hydrogen-bond donors (Lipinski definition) is 2. The normalized spacial score (nSPS) is 10.1. The lowest BCUT2D eigenvalue weighted by atomic mass is 10.2. The van der Waals surface area contributed by atoms with Crippen molar-refractivity contribution in [2.45, 2.75) is 46.0 Å². The number of carbonyl (C=O) groups is 2. The van der Waals surface area contributed by atoms with Crippen molar-refractivity contribution in [2.75, 3.05) is 19.6 Å². The van der Waals surface area contributed by atoms with E-state index in [1.807, 2.05) is 19.9 Å². The quantitative estimate of drug-likeness (QED) is 0.601. The summed E-state index contributed by atoms with van der Waals surface area (Å²) >= 11 is 0. The molecule has 0 atom stereocenters. The molecule has 0 aliphatic rings. The van der Waals surface area contributed by atoms with Gasteiger partial charge in [-0.25, -0.2) is 4.79 Å². The Labute approximate surface area is 120 Å². The Morgan fingerprint density at radius 3 is 2.55 bits per heavy atom. The van der Waals surface area contributed by atoms with Crippen LogP contribution in [0.4, 0.5) is 4.79 Å². The van der Waals surface area contributed by atoms with Crippen LogP contribution in [-0.2, 0) is 4.79 Å². The molecule has 0 fully saturated rings. The highest BCUT2D eigenvalue weighted by Crippen LogP contribution is 2.02. The molecule has 20 heavy (non-hydrogen) atoms. The number of nitrogens with one attached hydrogen (secondary N) is 1. The van der Waals surface area contributed by atoms with Gasteiger partial charge in [-0.05, 0) is 18.8 Å². The van der Waals surface area contributed by atoms with Crippen molar-refractivity contribution in [3.05, 3.63) is 0 Å². The maximum Gasteiger partial charge on any atom is 0.317 e. The molecule has 0 heterocycles. The number of urea groups is 1. The minimum Gasteiger partial charge on any atom is -0.481 e. The number of nitrogens with zero attached hydrogens (tertiary/aromatic N) is 2. The summed E-state index contributed by atoms with van der Waals surface area (Å²) in [5, 5.41) is 19.9. The number of carboxylic acids is 1. The summed E-state index contributed by atoms with van der Waals surface area (Å²) in [6, 6.07) is 1.90. The highest BCUT2D eigenvalue weighted by Gasteiger charge is 2.13. The van der Waals surface area contributed by atoms with Crippen LogP contribution in [0.25, 0.3) is 0 Å². The molecule has 0 rings (SSSR count). The van der Waals surface area contributed by atoms with Gasteiger partial charge in [0.25, 0.3) is 0 Å². The number of carbonyl (C=O) groups excluding carboxylic acids is 1. The summed E-state index contributed by atoms with van der Waals surface area (Å²) in [6.07, 6.45) is 2.70. The molecule has 0 radical (unpaired) electrons. The van der Waals surface area contributed by atoms with Crippen molar-refractivity contribution in [1.29, 1.82) is 5.26 Å². The van der Waals surface area contributed by atoms with Crippen LogP contribution >= 0.6 is 0 Å². The Morgan fingerprint density at radius 1 is 1.30 bits per heavy atom. The van der Waals surface area contributed by atoms with Gasteiger partial charge in [-0.1, -0.05) is 20.3 Å². The Balaban J connectivity index is 3.88. The zero-order valence-corrected chi connectivity index (χ0v) is 12.4. The van der Waals surface area contributed by atoms with Crippen LogP contribution in [0.2, 0.25) is 0 Å². The van der Waals surface area contributed by atoms with Crippen LogP contribution in [0.5, 0.6) is 0 Å². The third-order valence-electron chi connectivity index (χ3n) is 2.71. The molecule has 6 heteroatoms. The number of amides is 2. The van der Waals surface area contributed by atoms with Crippen molar-refractivity contribution in [3.63, 3.8) is 0 Å².